The average molecular weight is 612 g/mol. The molecule has 0 unspecified atom stereocenters. The van der Waals surface area contributed by atoms with Crippen LogP contribution in [-0.4, -0.2) is 0 Å². The van der Waals surface area contributed by atoms with Crippen molar-refractivity contribution in [2.24, 2.45) is 0 Å². The summed E-state index contributed by atoms with van der Waals surface area (Å²) in [5, 5.41) is 12.0. The largest absolute Gasteiger partial charge is 0.455 e. The molecule has 0 aliphatic rings. The second-order valence-corrected chi connectivity index (χ2v) is 12.5. The van der Waals surface area contributed by atoms with Gasteiger partial charge in [0, 0.05) is 38.9 Å². The van der Waals surface area contributed by atoms with E-state index in [2.05, 4.69) is 181 Å². The van der Waals surface area contributed by atoms with Crippen LogP contribution >= 0.6 is 0 Å². The molecule has 0 N–H and O–H groups in total. The predicted octanol–water partition coefficient (Wildman–Crippen LogP) is 13.3. The summed E-state index contributed by atoms with van der Waals surface area (Å²) >= 11 is 0. The third-order valence-corrected chi connectivity index (χ3v) is 9.80. The Morgan fingerprint density at radius 2 is 0.979 bits per heavy atom. The molecule has 0 radical (unpaired) electrons. The first-order valence-corrected chi connectivity index (χ1v) is 16.4. The zero-order chi connectivity index (χ0) is 31.6. The number of nitrogens with zero attached hydrogens (tertiary/aromatic N) is 1. The van der Waals surface area contributed by atoms with E-state index in [1.165, 1.54) is 43.3 Å². The third kappa shape index (κ3) is 4.06. The van der Waals surface area contributed by atoms with E-state index in [-0.39, 0.29) is 0 Å². The van der Waals surface area contributed by atoms with E-state index in [0.29, 0.717) is 0 Å². The van der Waals surface area contributed by atoms with Crippen molar-refractivity contribution in [3.8, 4) is 11.1 Å². The van der Waals surface area contributed by atoms with Gasteiger partial charge in [0.15, 0.2) is 0 Å². The molecule has 1 heterocycles. The van der Waals surface area contributed by atoms with Crippen LogP contribution in [0.15, 0.2) is 180 Å². The average Bonchev–Trinajstić information content (AvgIpc) is 3.54. The highest BCUT2D eigenvalue weighted by molar-refractivity contribution is 6.25. The van der Waals surface area contributed by atoms with Crippen LogP contribution < -0.4 is 4.90 Å². The molecule has 0 aliphatic carbocycles. The monoisotopic (exact) mass is 611 g/mol. The molecule has 2 heteroatoms. The topological polar surface area (TPSA) is 16.4 Å². The maximum Gasteiger partial charge on any atom is 0.143 e. The number of para-hydroxylation sites is 1. The van der Waals surface area contributed by atoms with Crippen LogP contribution in [0.4, 0.5) is 17.1 Å². The molecule has 1 aromatic heterocycles. The first-order chi connectivity index (χ1) is 23.8. The highest BCUT2D eigenvalue weighted by atomic mass is 16.3. The van der Waals surface area contributed by atoms with Gasteiger partial charge in [0.25, 0.3) is 0 Å². The van der Waals surface area contributed by atoms with E-state index in [9.17, 15) is 0 Å². The van der Waals surface area contributed by atoms with Crippen molar-refractivity contribution in [1.82, 2.24) is 0 Å². The number of furan rings is 1. The Bertz CT molecular complexity index is 2840. The quantitative estimate of drug-likeness (QED) is 0.184. The molecule has 2 nitrogen and oxygen atoms in total. The minimum absolute atomic E-state index is 0.872. The number of rotatable bonds is 4. The summed E-state index contributed by atoms with van der Waals surface area (Å²) in [5.41, 5.74) is 7.41. The Morgan fingerprint density at radius 3 is 1.83 bits per heavy atom. The lowest BCUT2D eigenvalue weighted by molar-refractivity contribution is 0.673. The van der Waals surface area contributed by atoms with Gasteiger partial charge in [0.1, 0.15) is 11.2 Å². The minimum Gasteiger partial charge on any atom is -0.455 e. The van der Waals surface area contributed by atoms with Crippen LogP contribution in [0.25, 0.3) is 76.2 Å². The molecule has 0 fully saturated rings. The van der Waals surface area contributed by atoms with Crippen molar-refractivity contribution in [2.75, 3.05) is 4.90 Å². The van der Waals surface area contributed by atoms with Crippen LogP contribution in [0, 0.1) is 0 Å². The van der Waals surface area contributed by atoms with E-state index >= 15 is 0 Å². The van der Waals surface area contributed by atoms with Crippen LogP contribution in [0.1, 0.15) is 0 Å². The molecule has 0 aliphatic heterocycles. The summed E-state index contributed by atoms with van der Waals surface area (Å²) in [4.78, 5) is 2.43. The molecule has 0 spiro atoms. The molecule has 0 atom stereocenters. The van der Waals surface area contributed by atoms with Crippen molar-refractivity contribution in [3.05, 3.63) is 176 Å². The first-order valence-electron chi connectivity index (χ1n) is 16.4. The zero-order valence-electron chi connectivity index (χ0n) is 26.1. The molecule has 224 valence electrons. The Hall–Kier alpha value is -6.38. The summed E-state index contributed by atoms with van der Waals surface area (Å²) in [6.07, 6.45) is 0. The molecule has 10 rings (SSSR count). The predicted molar refractivity (Wildman–Crippen MR) is 204 cm³/mol. The van der Waals surface area contributed by atoms with Crippen molar-refractivity contribution in [2.45, 2.75) is 0 Å². The summed E-state index contributed by atoms with van der Waals surface area (Å²) in [7, 11) is 0. The van der Waals surface area contributed by atoms with Crippen LogP contribution in [0.5, 0.6) is 0 Å². The van der Waals surface area contributed by atoms with Gasteiger partial charge in [-0.25, -0.2) is 0 Å². The Kier molecular flexibility index (Phi) is 5.91. The van der Waals surface area contributed by atoms with Crippen LogP contribution in [0.2, 0.25) is 0 Å². The maximum absolute atomic E-state index is 6.73. The highest BCUT2D eigenvalue weighted by Gasteiger charge is 2.22. The molecule has 0 saturated heterocycles. The van der Waals surface area contributed by atoms with Crippen LogP contribution in [-0.2, 0) is 0 Å². The Balaban J connectivity index is 1.31. The van der Waals surface area contributed by atoms with Gasteiger partial charge < -0.3 is 9.32 Å². The number of benzene rings is 9. The molecule has 9 aromatic carbocycles. The number of anilines is 3. The lowest BCUT2D eigenvalue weighted by Crippen LogP contribution is -2.12. The summed E-state index contributed by atoms with van der Waals surface area (Å²) in [6, 6.07) is 63.3. The van der Waals surface area contributed by atoms with Gasteiger partial charge in [-0.3, -0.25) is 0 Å². The van der Waals surface area contributed by atoms with Gasteiger partial charge >= 0.3 is 0 Å². The van der Waals surface area contributed by atoms with E-state index in [0.717, 1.165) is 50.0 Å². The number of hydrogen-bond donors (Lipinski definition) is 0. The molecule has 0 bridgehead atoms. The second kappa shape index (κ2) is 10.6. The smallest absolute Gasteiger partial charge is 0.143 e. The molecule has 0 saturated carbocycles. The van der Waals surface area contributed by atoms with Crippen molar-refractivity contribution in [3.63, 3.8) is 0 Å². The molecule has 10 aromatic rings. The standard InChI is InChI=1S/C46H29NO/c1-2-11-30(12-3-1)36-16-8-9-19-41(36)47(35-26-28-39-40-27-25-32-14-5-7-18-38(32)46(40)48-43(39)29-35)42-20-10-15-33-23-24-34-22-21-31-13-4-6-17-37(31)44(34)45(33)42/h1-29H. The highest BCUT2D eigenvalue weighted by Crippen LogP contribution is 2.47. The van der Waals surface area contributed by atoms with E-state index < -0.39 is 0 Å². The Labute approximate surface area is 277 Å². The normalized spacial score (nSPS) is 11.8. The maximum atomic E-state index is 6.73. The van der Waals surface area contributed by atoms with Crippen molar-refractivity contribution < 1.29 is 4.42 Å². The van der Waals surface area contributed by atoms with Gasteiger partial charge in [-0.2, -0.15) is 0 Å². The van der Waals surface area contributed by atoms with E-state index in [1.54, 1.807) is 0 Å². The summed E-state index contributed by atoms with van der Waals surface area (Å²) in [6.45, 7) is 0. The molecular weight excluding hydrogens is 583 g/mol. The fraction of sp³-hybridized carbons (Fsp3) is 0. The van der Waals surface area contributed by atoms with Gasteiger partial charge in [-0.05, 0) is 68.2 Å². The Morgan fingerprint density at radius 1 is 0.375 bits per heavy atom. The van der Waals surface area contributed by atoms with Gasteiger partial charge in [-0.1, -0.05) is 140 Å². The molecule has 48 heavy (non-hydrogen) atoms. The van der Waals surface area contributed by atoms with E-state index in [1.807, 2.05) is 0 Å². The third-order valence-electron chi connectivity index (χ3n) is 9.80. The fourth-order valence-corrected chi connectivity index (χ4v) is 7.61. The first kappa shape index (κ1) is 26.8. The van der Waals surface area contributed by atoms with Gasteiger partial charge in [0.2, 0.25) is 0 Å². The van der Waals surface area contributed by atoms with Crippen LogP contribution in [0.3, 0.4) is 0 Å². The number of fused-ring (bicyclic) bond motifs is 10. The van der Waals surface area contributed by atoms with E-state index in [4.69, 9.17) is 4.42 Å². The lowest BCUT2D eigenvalue weighted by atomic mass is 9.94. The molecule has 0 amide bonds. The lowest BCUT2D eigenvalue weighted by Gasteiger charge is -2.29. The second-order valence-electron chi connectivity index (χ2n) is 12.5. The number of hydrogen-bond acceptors (Lipinski definition) is 2. The molecular formula is C46H29NO. The van der Waals surface area contributed by atoms with Crippen molar-refractivity contribution >= 4 is 82.1 Å². The van der Waals surface area contributed by atoms with Gasteiger partial charge in [-0.15, -0.1) is 0 Å². The summed E-state index contributed by atoms with van der Waals surface area (Å²) in [5.74, 6) is 0. The summed E-state index contributed by atoms with van der Waals surface area (Å²) < 4.78 is 6.73. The minimum atomic E-state index is 0.872. The SMILES string of the molecule is c1ccc(-c2ccccc2N(c2ccc3c(c2)oc2c4ccccc4ccc32)c2cccc3ccc4ccc5ccccc5c4c23)cc1. The van der Waals surface area contributed by atoms with Crippen molar-refractivity contribution in [1.29, 1.82) is 0 Å². The fourth-order valence-electron chi connectivity index (χ4n) is 7.61. The van der Waals surface area contributed by atoms with Gasteiger partial charge in [0.05, 0.1) is 11.4 Å². The zero-order valence-corrected chi connectivity index (χ0v) is 26.1.